The van der Waals surface area contributed by atoms with Gasteiger partial charge in [-0.3, -0.25) is 0 Å². The highest BCUT2D eigenvalue weighted by Crippen LogP contribution is 2.28. The van der Waals surface area contributed by atoms with E-state index >= 15 is 0 Å². The Hall–Kier alpha value is -1.23. The van der Waals surface area contributed by atoms with Gasteiger partial charge in [-0.05, 0) is 38.0 Å². The number of rotatable bonds is 9. The molecule has 2 rings (SSSR count). The average Bonchev–Trinajstić information content (AvgIpc) is 3.26. The number of nitrogens with one attached hydrogen (secondary N) is 1. The molecule has 5 nitrogen and oxygen atoms in total. The predicted molar refractivity (Wildman–Crippen MR) is 75.2 cm³/mol. The van der Waals surface area contributed by atoms with E-state index in [1.165, 1.54) is 12.8 Å². The molecular weight excluding hydrogens is 240 g/mol. The topological polar surface area (TPSA) is 59.9 Å². The SMILES string of the molecule is CCc1nnc(NCCCOCC2CC2)nc1CC. The summed E-state index contributed by atoms with van der Waals surface area (Å²) in [5.41, 5.74) is 2.05. The standard InChI is InChI=1S/C14H24N4O/c1-3-12-13(4-2)17-18-14(16-12)15-8-5-9-19-10-11-6-7-11/h11H,3-10H2,1-2H3,(H,15,16,18). The monoisotopic (exact) mass is 264 g/mol. The Morgan fingerprint density at radius 1 is 1.16 bits per heavy atom. The quantitative estimate of drug-likeness (QED) is 0.693. The van der Waals surface area contributed by atoms with Gasteiger partial charge in [0.2, 0.25) is 5.95 Å². The van der Waals surface area contributed by atoms with Crippen molar-refractivity contribution in [3.8, 4) is 0 Å². The molecule has 0 bridgehead atoms. The molecule has 1 heterocycles. The lowest BCUT2D eigenvalue weighted by Gasteiger charge is -2.08. The molecule has 1 aliphatic carbocycles. The molecule has 19 heavy (non-hydrogen) atoms. The van der Waals surface area contributed by atoms with E-state index < -0.39 is 0 Å². The number of hydrogen-bond donors (Lipinski definition) is 1. The lowest BCUT2D eigenvalue weighted by atomic mass is 10.2. The van der Waals surface area contributed by atoms with Crippen LogP contribution >= 0.6 is 0 Å². The van der Waals surface area contributed by atoms with E-state index in [1.807, 2.05) is 0 Å². The maximum atomic E-state index is 5.58. The van der Waals surface area contributed by atoms with Crippen LogP contribution in [0, 0.1) is 5.92 Å². The van der Waals surface area contributed by atoms with Crippen molar-refractivity contribution < 1.29 is 4.74 Å². The van der Waals surface area contributed by atoms with Crippen molar-refractivity contribution in [2.24, 2.45) is 5.92 Å². The zero-order chi connectivity index (χ0) is 13.5. The summed E-state index contributed by atoms with van der Waals surface area (Å²) in [4.78, 5) is 4.49. The minimum Gasteiger partial charge on any atom is -0.381 e. The van der Waals surface area contributed by atoms with Gasteiger partial charge in [0.05, 0.1) is 11.4 Å². The Balaban J connectivity index is 1.66. The Labute approximate surface area is 115 Å². The van der Waals surface area contributed by atoms with E-state index in [9.17, 15) is 0 Å². The van der Waals surface area contributed by atoms with Crippen LogP contribution in [0.2, 0.25) is 0 Å². The number of nitrogens with zero attached hydrogens (tertiary/aromatic N) is 3. The van der Waals surface area contributed by atoms with Gasteiger partial charge in [0.1, 0.15) is 0 Å². The number of aryl methyl sites for hydroxylation is 2. The number of ether oxygens (including phenoxy) is 1. The molecule has 1 N–H and O–H groups in total. The van der Waals surface area contributed by atoms with Gasteiger partial charge in [-0.25, -0.2) is 4.98 Å². The highest BCUT2D eigenvalue weighted by molar-refractivity contribution is 5.25. The normalized spacial score (nSPS) is 14.6. The van der Waals surface area contributed by atoms with Gasteiger partial charge in [0.15, 0.2) is 0 Å². The Morgan fingerprint density at radius 3 is 2.63 bits per heavy atom. The summed E-state index contributed by atoms with van der Waals surface area (Å²) in [6, 6.07) is 0. The molecular formula is C14H24N4O. The maximum absolute atomic E-state index is 5.58. The summed E-state index contributed by atoms with van der Waals surface area (Å²) in [5, 5.41) is 11.5. The van der Waals surface area contributed by atoms with Crippen molar-refractivity contribution in [1.29, 1.82) is 0 Å². The molecule has 0 radical (unpaired) electrons. The third kappa shape index (κ3) is 4.74. The zero-order valence-electron chi connectivity index (χ0n) is 12.0. The van der Waals surface area contributed by atoms with Crippen LogP contribution in [0.3, 0.4) is 0 Å². The second-order valence-electron chi connectivity index (χ2n) is 5.03. The average molecular weight is 264 g/mol. The van der Waals surface area contributed by atoms with Crippen LogP contribution in [0.1, 0.15) is 44.5 Å². The second kappa shape index (κ2) is 7.38. The predicted octanol–water partition coefficient (Wildman–Crippen LogP) is 2.22. The molecule has 0 unspecified atom stereocenters. The van der Waals surface area contributed by atoms with Gasteiger partial charge in [0, 0.05) is 19.8 Å². The molecule has 1 aliphatic rings. The minimum absolute atomic E-state index is 0.635. The van der Waals surface area contributed by atoms with E-state index in [-0.39, 0.29) is 0 Å². The van der Waals surface area contributed by atoms with Crippen molar-refractivity contribution in [3.63, 3.8) is 0 Å². The lowest BCUT2D eigenvalue weighted by molar-refractivity contribution is 0.124. The molecule has 1 saturated carbocycles. The molecule has 0 aliphatic heterocycles. The molecule has 5 heteroatoms. The van der Waals surface area contributed by atoms with Crippen molar-refractivity contribution in [1.82, 2.24) is 15.2 Å². The van der Waals surface area contributed by atoms with Crippen LogP contribution in [0.15, 0.2) is 0 Å². The van der Waals surface area contributed by atoms with E-state index in [1.54, 1.807) is 0 Å². The molecule has 1 fully saturated rings. The molecule has 106 valence electrons. The van der Waals surface area contributed by atoms with Gasteiger partial charge in [0.25, 0.3) is 0 Å². The van der Waals surface area contributed by atoms with Gasteiger partial charge in [-0.1, -0.05) is 13.8 Å². The van der Waals surface area contributed by atoms with Gasteiger partial charge in [-0.2, -0.15) is 5.10 Å². The summed E-state index contributed by atoms with van der Waals surface area (Å²) >= 11 is 0. The summed E-state index contributed by atoms with van der Waals surface area (Å²) in [5.74, 6) is 1.48. The Bertz CT molecular complexity index is 393. The van der Waals surface area contributed by atoms with E-state index in [4.69, 9.17) is 4.74 Å². The van der Waals surface area contributed by atoms with Crippen LogP contribution in [-0.2, 0) is 17.6 Å². The van der Waals surface area contributed by atoms with Crippen molar-refractivity contribution in [2.45, 2.75) is 46.0 Å². The molecule has 0 saturated heterocycles. The van der Waals surface area contributed by atoms with Crippen LogP contribution in [0.4, 0.5) is 5.95 Å². The first-order valence-corrected chi connectivity index (χ1v) is 7.37. The molecule has 1 aromatic rings. The number of anilines is 1. The van der Waals surface area contributed by atoms with E-state index in [0.717, 1.165) is 56.3 Å². The van der Waals surface area contributed by atoms with Gasteiger partial charge < -0.3 is 10.1 Å². The highest BCUT2D eigenvalue weighted by atomic mass is 16.5. The summed E-state index contributed by atoms with van der Waals surface area (Å²) in [6.45, 7) is 6.75. The zero-order valence-corrected chi connectivity index (χ0v) is 12.0. The summed E-state index contributed by atoms with van der Waals surface area (Å²) in [7, 11) is 0. The lowest BCUT2D eigenvalue weighted by Crippen LogP contribution is -2.12. The highest BCUT2D eigenvalue weighted by Gasteiger charge is 2.20. The second-order valence-corrected chi connectivity index (χ2v) is 5.03. The maximum Gasteiger partial charge on any atom is 0.242 e. The first-order valence-electron chi connectivity index (χ1n) is 7.37. The summed E-state index contributed by atoms with van der Waals surface area (Å²) < 4.78 is 5.58. The number of aromatic nitrogens is 3. The Kier molecular flexibility index (Phi) is 5.51. The van der Waals surface area contributed by atoms with Crippen LogP contribution in [0.5, 0.6) is 0 Å². The summed E-state index contributed by atoms with van der Waals surface area (Å²) in [6.07, 6.45) is 5.46. The molecule has 1 aromatic heterocycles. The third-order valence-electron chi connectivity index (χ3n) is 3.31. The smallest absolute Gasteiger partial charge is 0.242 e. The number of hydrogen-bond acceptors (Lipinski definition) is 5. The van der Waals surface area contributed by atoms with Gasteiger partial charge in [-0.15, -0.1) is 5.10 Å². The Morgan fingerprint density at radius 2 is 1.95 bits per heavy atom. The first kappa shape index (κ1) is 14.2. The molecule has 0 atom stereocenters. The van der Waals surface area contributed by atoms with Crippen molar-refractivity contribution in [3.05, 3.63) is 11.4 Å². The van der Waals surface area contributed by atoms with Crippen LogP contribution in [0.25, 0.3) is 0 Å². The van der Waals surface area contributed by atoms with Crippen LogP contribution < -0.4 is 5.32 Å². The molecule has 0 aromatic carbocycles. The van der Waals surface area contributed by atoms with E-state index in [0.29, 0.717) is 5.95 Å². The van der Waals surface area contributed by atoms with E-state index in [2.05, 4.69) is 34.3 Å². The molecule has 0 spiro atoms. The fourth-order valence-electron chi connectivity index (χ4n) is 1.92. The first-order chi connectivity index (χ1) is 9.33. The van der Waals surface area contributed by atoms with Crippen molar-refractivity contribution >= 4 is 5.95 Å². The fourth-order valence-corrected chi connectivity index (χ4v) is 1.92. The van der Waals surface area contributed by atoms with Crippen LogP contribution in [-0.4, -0.2) is 34.9 Å². The molecule has 0 amide bonds. The fraction of sp³-hybridized carbons (Fsp3) is 0.786. The minimum atomic E-state index is 0.635. The third-order valence-corrected chi connectivity index (χ3v) is 3.31. The van der Waals surface area contributed by atoms with Gasteiger partial charge >= 0.3 is 0 Å². The largest absolute Gasteiger partial charge is 0.381 e. The van der Waals surface area contributed by atoms with Crippen molar-refractivity contribution in [2.75, 3.05) is 25.1 Å².